The maximum Gasteiger partial charge on any atom is 0.322 e. The summed E-state index contributed by atoms with van der Waals surface area (Å²) in [7, 11) is 0. The lowest BCUT2D eigenvalue weighted by Gasteiger charge is -2.33. The van der Waals surface area contributed by atoms with Crippen LogP contribution in [0.25, 0.3) is 0 Å². The minimum absolute atomic E-state index is 0.0169. The van der Waals surface area contributed by atoms with Gasteiger partial charge < -0.3 is 10.2 Å². The Bertz CT molecular complexity index is 808. The van der Waals surface area contributed by atoms with Crippen LogP contribution in [-0.2, 0) is 4.79 Å². The second-order valence-electron chi connectivity index (χ2n) is 8.38. The minimum Gasteiger partial charge on any atom is -0.330 e. The Morgan fingerprint density at radius 2 is 1.79 bits per heavy atom. The molecule has 5 nitrogen and oxygen atoms in total. The number of nitrogens with one attached hydrogen (secondary N) is 1. The van der Waals surface area contributed by atoms with E-state index in [4.69, 9.17) is 0 Å². The Morgan fingerprint density at radius 1 is 1.14 bits per heavy atom. The van der Waals surface area contributed by atoms with Gasteiger partial charge in [-0.2, -0.15) is 0 Å². The highest BCUT2D eigenvalue weighted by molar-refractivity contribution is 6.01. The van der Waals surface area contributed by atoms with Crippen molar-refractivity contribution in [2.24, 2.45) is 5.92 Å². The zero-order valence-electron chi connectivity index (χ0n) is 17.5. The molecule has 5 heteroatoms. The van der Waals surface area contributed by atoms with Crippen molar-refractivity contribution in [2.45, 2.75) is 52.6 Å². The number of nitrogens with zero attached hydrogens (tertiary/aromatic N) is 2. The molecule has 2 heterocycles. The van der Waals surface area contributed by atoms with E-state index in [1.54, 1.807) is 11.0 Å². The van der Waals surface area contributed by atoms with Crippen molar-refractivity contribution in [1.29, 1.82) is 0 Å². The van der Waals surface area contributed by atoms with Crippen LogP contribution in [0.15, 0.2) is 48.2 Å². The number of urea groups is 1. The first-order chi connectivity index (χ1) is 13.3. The van der Waals surface area contributed by atoms with Gasteiger partial charge in [-0.3, -0.25) is 9.69 Å². The third kappa shape index (κ3) is 3.46. The molecule has 2 aliphatic rings. The van der Waals surface area contributed by atoms with E-state index in [9.17, 15) is 9.59 Å². The summed E-state index contributed by atoms with van der Waals surface area (Å²) in [5, 5.41) is 3.04. The minimum atomic E-state index is -0.415. The largest absolute Gasteiger partial charge is 0.330 e. The fraction of sp³-hybridized carbons (Fsp3) is 0.478. The monoisotopic (exact) mass is 381 g/mol. The second kappa shape index (κ2) is 7.82. The van der Waals surface area contributed by atoms with Gasteiger partial charge in [-0.05, 0) is 29.9 Å². The van der Waals surface area contributed by atoms with E-state index in [-0.39, 0.29) is 18.0 Å². The first-order valence-corrected chi connectivity index (χ1v) is 10.1. The molecule has 0 saturated carbocycles. The molecule has 2 unspecified atom stereocenters. The molecule has 150 valence electrons. The van der Waals surface area contributed by atoms with Crippen LogP contribution >= 0.6 is 0 Å². The van der Waals surface area contributed by atoms with Crippen LogP contribution in [0.2, 0.25) is 0 Å². The molecule has 1 N–H and O–H groups in total. The number of hydrogen-bond donors (Lipinski definition) is 1. The van der Waals surface area contributed by atoms with Gasteiger partial charge in [0.05, 0.1) is 23.9 Å². The molecule has 28 heavy (non-hydrogen) atoms. The zero-order valence-corrected chi connectivity index (χ0v) is 17.5. The standard InChI is InChI=1S/C23H31N3O2/c1-7-12-25-19-13-26(16(6)14(2)3)22(27)20(19)21(24-23(25)28)18-10-8-17(9-11-18)15(4)5/h7-11,14-16,21H,1,12-13H2,2-6H3,(H,24,28). The van der Waals surface area contributed by atoms with Gasteiger partial charge in [0.2, 0.25) is 0 Å². The van der Waals surface area contributed by atoms with E-state index in [0.29, 0.717) is 30.5 Å². The molecule has 0 spiro atoms. The molecule has 0 fully saturated rings. The van der Waals surface area contributed by atoms with Crippen LogP contribution in [0.1, 0.15) is 57.7 Å². The first-order valence-electron chi connectivity index (χ1n) is 10.1. The van der Waals surface area contributed by atoms with Gasteiger partial charge in [-0.15, -0.1) is 6.58 Å². The number of hydrogen-bond acceptors (Lipinski definition) is 2. The predicted octanol–water partition coefficient (Wildman–Crippen LogP) is 4.20. The van der Waals surface area contributed by atoms with Crippen molar-refractivity contribution >= 4 is 11.9 Å². The quantitative estimate of drug-likeness (QED) is 0.751. The lowest BCUT2D eigenvalue weighted by Crippen LogP contribution is -2.47. The Morgan fingerprint density at radius 3 is 2.32 bits per heavy atom. The van der Waals surface area contributed by atoms with E-state index in [1.807, 2.05) is 17.0 Å². The summed E-state index contributed by atoms with van der Waals surface area (Å²) < 4.78 is 0. The summed E-state index contributed by atoms with van der Waals surface area (Å²) in [5.41, 5.74) is 3.67. The molecule has 1 aromatic carbocycles. The third-order valence-electron chi connectivity index (χ3n) is 5.95. The predicted molar refractivity (Wildman–Crippen MR) is 112 cm³/mol. The molecule has 0 saturated heterocycles. The normalized spacial score (nSPS) is 20.8. The van der Waals surface area contributed by atoms with E-state index >= 15 is 0 Å². The number of benzene rings is 1. The SMILES string of the molecule is C=CCN1C(=O)NC(c2ccc(C(C)C)cc2)C2=C1CN(C(C)C(C)C)C2=O. The van der Waals surface area contributed by atoms with E-state index in [2.05, 4.69) is 58.6 Å². The fourth-order valence-corrected chi connectivity index (χ4v) is 3.85. The van der Waals surface area contributed by atoms with Crippen LogP contribution < -0.4 is 5.32 Å². The highest BCUT2D eigenvalue weighted by Gasteiger charge is 2.45. The van der Waals surface area contributed by atoms with Crippen molar-refractivity contribution < 1.29 is 9.59 Å². The summed E-state index contributed by atoms with van der Waals surface area (Å²) in [5.74, 6) is 0.789. The maximum absolute atomic E-state index is 13.4. The van der Waals surface area contributed by atoms with Crippen LogP contribution in [0.3, 0.4) is 0 Å². The Kier molecular flexibility index (Phi) is 5.64. The number of carbonyl (C=O) groups is 2. The van der Waals surface area contributed by atoms with Gasteiger partial charge in [0.1, 0.15) is 0 Å². The number of carbonyl (C=O) groups excluding carboxylic acids is 2. The van der Waals surface area contributed by atoms with Crippen LogP contribution in [0, 0.1) is 5.92 Å². The van der Waals surface area contributed by atoms with E-state index in [0.717, 1.165) is 11.3 Å². The first kappa shape index (κ1) is 20.2. The van der Waals surface area contributed by atoms with Gasteiger partial charge in [0.15, 0.2) is 0 Å². The van der Waals surface area contributed by atoms with Crippen LogP contribution in [0.4, 0.5) is 4.79 Å². The fourth-order valence-electron chi connectivity index (χ4n) is 3.85. The molecular weight excluding hydrogens is 350 g/mol. The van der Waals surface area contributed by atoms with Gasteiger partial charge >= 0.3 is 6.03 Å². The summed E-state index contributed by atoms with van der Waals surface area (Å²) in [6.07, 6.45) is 1.70. The van der Waals surface area contributed by atoms with E-state index < -0.39 is 6.04 Å². The van der Waals surface area contributed by atoms with Crippen molar-refractivity contribution in [3.8, 4) is 0 Å². The molecule has 0 radical (unpaired) electrons. The topological polar surface area (TPSA) is 52.7 Å². The number of rotatable bonds is 6. The molecule has 3 amide bonds. The zero-order chi connectivity index (χ0) is 20.6. The summed E-state index contributed by atoms with van der Waals surface area (Å²) in [6.45, 7) is 15.2. The maximum atomic E-state index is 13.4. The third-order valence-corrected chi connectivity index (χ3v) is 5.95. The highest BCUT2D eigenvalue weighted by Crippen LogP contribution is 2.38. The summed E-state index contributed by atoms with van der Waals surface area (Å²) in [4.78, 5) is 29.7. The van der Waals surface area contributed by atoms with Gasteiger partial charge in [0.25, 0.3) is 5.91 Å². The molecule has 2 atom stereocenters. The average molecular weight is 382 g/mol. The molecule has 0 aliphatic carbocycles. The van der Waals surface area contributed by atoms with Crippen molar-refractivity contribution in [3.05, 3.63) is 59.3 Å². The Hall–Kier alpha value is -2.56. The Balaban J connectivity index is 2.03. The van der Waals surface area contributed by atoms with Gasteiger partial charge in [-0.25, -0.2) is 4.79 Å². The lowest BCUT2D eigenvalue weighted by atomic mass is 9.93. The van der Waals surface area contributed by atoms with Crippen molar-refractivity contribution in [1.82, 2.24) is 15.1 Å². The van der Waals surface area contributed by atoms with E-state index in [1.165, 1.54) is 5.56 Å². The smallest absolute Gasteiger partial charge is 0.322 e. The highest BCUT2D eigenvalue weighted by atomic mass is 16.2. The summed E-state index contributed by atoms with van der Waals surface area (Å²) >= 11 is 0. The molecular formula is C23H31N3O2. The van der Waals surface area contributed by atoms with Crippen molar-refractivity contribution in [3.63, 3.8) is 0 Å². The summed E-state index contributed by atoms with van der Waals surface area (Å²) in [6, 6.07) is 7.71. The molecule has 0 bridgehead atoms. The Labute approximate surface area is 168 Å². The average Bonchev–Trinajstić information content (AvgIpc) is 3.00. The molecule has 0 aromatic heterocycles. The number of amides is 3. The lowest BCUT2D eigenvalue weighted by molar-refractivity contribution is -0.128. The van der Waals surface area contributed by atoms with Crippen LogP contribution in [0.5, 0.6) is 0 Å². The van der Waals surface area contributed by atoms with Gasteiger partial charge in [-0.1, -0.05) is 58.0 Å². The second-order valence-corrected chi connectivity index (χ2v) is 8.38. The molecule has 1 aromatic rings. The van der Waals surface area contributed by atoms with Crippen molar-refractivity contribution in [2.75, 3.05) is 13.1 Å². The molecule has 3 rings (SSSR count). The molecule has 2 aliphatic heterocycles. The van der Waals surface area contributed by atoms with Crippen LogP contribution in [-0.4, -0.2) is 40.9 Å². The van der Waals surface area contributed by atoms with Gasteiger partial charge in [0, 0.05) is 12.6 Å².